The summed E-state index contributed by atoms with van der Waals surface area (Å²) in [6.45, 7) is 8.35. The summed E-state index contributed by atoms with van der Waals surface area (Å²) < 4.78 is 0. The number of aryl methyl sites for hydroxylation is 1. The topological polar surface area (TPSA) is 62.5 Å². The molecule has 1 aromatic heterocycles. The van der Waals surface area contributed by atoms with E-state index in [-0.39, 0.29) is 11.9 Å². The highest BCUT2D eigenvalue weighted by atomic mass is 32.1. The van der Waals surface area contributed by atoms with Crippen molar-refractivity contribution in [3.8, 4) is 0 Å². The summed E-state index contributed by atoms with van der Waals surface area (Å²) in [4.78, 5) is 20.8. The third-order valence-corrected chi connectivity index (χ3v) is 4.55. The van der Waals surface area contributed by atoms with Crippen molar-refractivity contribution >= 4 is 17.2 Å². The first-order valence-electron chi connectivity index (χ1n) is 7.27. The molecule has 1 amide bonds. The second kappa shape index (κ2) is 7.15. The Kier molecular flexibility index (Phi) is 5.51. The fourth-order valence-corrected chi connectivity index (χ4v) is 3.11. The fraction of sp³-hybridized carbons (Fsp3) is 0.714. The Morgan fingerprint density at radius 1 is 1.45 bits per heavy atom. The van der Waals surface area contributed by atoms with E-state index in [0.717, 1.165) is 44.8 Å². The van der Waals surface area contributed by atoms with Crippen molar-refractivity contribution in [2.75, 3.05) is 26.2 Å². The molecule has 2 N–H and O–H groups in total. The molecule has 20 heavy (non-hydrogen) atoms. The molecule has 1 saturated heterocycles. The number of hydrogen-bond acceptors (Lipinski definition) is 5. The van der Waals surface area contributed by atoms with Crippen LogP contribution >= 0.6 is 11.3 Å². The van der Waals surface area contributed by atoms with Gasteiger partial charge in [-0.2, -0.15) is 0 Å². The van der Waals surface area contributed by atoms with Crippen molar-refractivity contribution in [3.05, 3.63) is 16.1 Å². The van der Waals surface area contributed by atoms with Crippen LogP contribution in [0, 0.1) is 0 Å². The van der Waals surface area contributed by atoms with Crippen LogP contribution in [-0.2, 0) is 17.8 Å². The number of carbonyl (C=O) groups is 1. The van der Waals surface area contributed by atoms with Gasteiger partial charge in [0.05, 0.1) is 10.7 Å². The summed E-state index contributed by atoms with van der Waals surface area (Å²) in [7, 11) is 0. The van der Waals surface area contributed by atoms with E-state index in [1.54, 1.807) is 11.3 Å². The van der Waals surface area contributed by atoms with Gasteiger partial charge in [0.1, 0.15) is 0 Å². The molecule has 1 unspecified atom stereocenters. The van der Waals surface area contributed by atoms with Crippen molar-refractivity contribution in [1.29, 1.82) is 0 Å². The fourth-order valence-electron chi connectivity index (χ4n) is 2.37. The number of nitrogens with two attached hydrogens (primary N) is 1. The molecule has 0 saturated carbocycles. The molecule has 0 aromatic carbocycles. The van der Waals surface area contributed by atoms with Crippen molar-refractivity contribution in [3.63, 3.8) is 0 Å². The van der Waals surface area contributed by atoms with Crippen LogP contribution in [0.1, 0.15) is 31.0 Å². The molecule has 1 atom stereocenters. The number of amides is 1. The monoisotopic (exact) mass is 296 g/mol. The highest BCUT2D eigenvalue weighted by Crippen LogP contribution is 2.14. The van der Waals surface area contributed by atoms with E-state index in [2.05, 4.69) is 22.2 Å². The Morgan fingerprint density at radius 2 is 2.15 bits per heavy atom. The van der Waals surface area contributed by atoms with Crippen molar-refractivity contribution < 1.29 is 4.79 Å². The molecule has 0 bridgehead atoms. The number of aromatic nitrogens is 1. The average molecular weight is 296 g/mol. The highest BCUT2D eigenvalue weighted by molar-refractivity contribution is 7.09. The quantitative estimate of drug-likeness (QED) is 0.883. The van der Waals surface area contributed by atoms with E-state index in [4.69, 9.17) is 5.73 Å². The summed E-state index contributed by atoms with van der Waals surface area (Å²) in [6.07, 6.45) is 1.45. The van der Waals surface area contributed by atoms with Crippen molar-refractivity contribution in [2.45, 2.75) is 39.3 Å². The van der Waals surface area contributed by atoms with Gasteiger partial charge in [0.2, 0.25) is 5.91 Å². The van der Waals surface area contributed by atoms with Crippen LogP contribution < -0.4 is 5.73 Å². The van der Waals surface area contributed by atoms with Crippen molar-refractivity contribution in [2.24, 2.45) is 5.73 Å². The predicted molar refractivity (Wildman–Crippen MR) is 81.6 cm³/mol. The van der Waals surface area contributed by atoms with Gasteiger partial charge in [0.25, 0.3) is 0 Å². The standard InChI is InChI=1S/C14H24N4OS/c1-3-13-16-12(10-20-13)9-17-4-6-18(7-5-17)14(19)8-11(2)15/h10-11H,3-9,15H2,1-2H3. The van der Waals surface area contributed by atoms with Crippen LogP contribution in [0.3, 0.4) is 0 Å². The Bertz CT molecular complexity index is 438. The van der Waals surface area contributed by atoms with Crippen LogP contribution in [-0.4, -0.2) is 52.9 Å². The van der Waals surface area contributed by atoms with E-state index in [1.165, 1.54) is 5.01 Å². The summed E-state index contributed by atoms with van der Waals surface area (Å²) in [5.74, 6) is 0.182. The number of hydrogen-bond donors (Lipinski definition) is 1. The minimum atomic E-state index is -0.0528. The molecular weight excluding hydrogens is 272 g/mol. The molecule has 1 aliphatic heterocycles. The predicted octanol–water partition coefficient (Wildman–Crippen LogP) is 1.09. The zero-order chi connectivity index (χ0) is 14.5. The van der Waals surface area contributed by atoms with Crippen LogP contribution in [0.25, 0.3) is 0 Å². The normalized spacial score (nSPS) is 18.2. The van der Waals surface area contributed by atoms with Gasteiger partial charge in [-0.3, -0.25) is 9.69 Å². The Morgan fingerprint density at radius 3 is 2.70 bits per heavy atom. The SMILES string of the molecule is CCc1nc(CN2CCN(C(=O)CC(C)N)CC2)cs1. The maximum atomic E-state index is 11.9. The number of rotatable bonds is 5. The lowest BCUT2D eigenvalue weighted by Crippen LogP contribution is -2.49. The number of piperazine rings is 1. The molecule has 0 radical (unpaired) electrons. The van der Waals surface area contributed by atoms with E-state index >= 15 is 0 Å². The lowest BCUT2D eigenvalue weighted by Gasteiger charge is -2.34. The summed E-state index contributed by atoms with van der Waals surface area (Å²) >= 11 is 1.73. The summed E-state index contributed by atoms with van der Waals surface area (Å²) in [5, 5.41) is 3.35. The molecule has 1 fully saturated rings. The molecule has 1 aliphatic rings. The molecule has 1 aromatic rings. The summed E-state index contributed by atoms with van der Waals surface area (Å²) in [6, 6.07) is -0.0528. The van der Waals surface area contributed by atoms with E-state index in [1.807, 2.05) is 11.8 Å². The average Bonchev–Trinajstić information content (AvgIpc) is 2.86. The second-order valence-corrected chi connectivity index (χ2v) is 6.37. The molecule has 6 heteroatoms. The molecule has 112 valence electrons. The molecule has 2 rings (SSSR count). The van der Waals surface area contributed by atoms with Gasteiger partial charge in [-0.15, -0.1) is 11.3 Å². The van der Waals surface area contributed by atoms with Crippen LogP contribution in [0.2, 0.25) is 0 Å². The zero-order valence-electron chi connectivity index (χ0n) is 12.3. The van der Waals surface area contributed by atoms with Gasteiger partial charge >= 0.3 is 0 Å². The smallest absolute Gasteiger partial charge is 0.224 e. The minimum absolute atomic E-state index is 0.0528. The maximum absolute atomic E-state index is 11.9. The van der Waals surface area contributed by atoms with Gasteiger partial charge in [0.15, 0.2) is 0 Å². The number of thiazole rings is 1. The van der Waals surface area contributed by atoms with Gasteiger partial charge in [-0.05, 0) is 13.3 Å². The van der Waals surface area contributed by atoms with E-state index < -0.39 is 0 Å². The first-order chi connectivity index (χ1) is 9.58. The largest absolute Gasteiger partial charge is 0.340 e. The molecule has 0 aliphatic carbocycles. The lowest BCUT2D eigenvalue weighted by atomic mass is 10.2. The highest BCUT2D eigenvalue weighted by Gasteiger charge is 2.21. The molecule has 2 heterocycles. The molecular formula is C14H24N4OS. The third-order valence-electron chi connectivity index (χ3n) is 3.51. The first-order valence-corrected chi connectivity index (χ1v) is 8.15. The van der Waals surface area contributed by atoms with Gasteiger partial charge in [0, 0.05) is 50.6 Å². The van der Waals surface area contributed by atoms with Crippen LogP contribution in [0.15, 0.2) is 5.38 Å². The van der Waals surface area contributed by atoms with Crippen LogP contribution in [0.4, 0.5) is 0 Å². The van der Waals surface area contributed by atoms with Crippen molar-refractivity contribution in [1.82, 2.24) is 14.8 Å². The summed E-state index contributed by atoms with van der Waals surface area (Å²) in [5.41, 5.74) is 6.83. The lowest BCUT2D eigenvalue weighted by molar-refractivity contribution is -0.133. The van der Waals surface area contributed by atoms with Gasteiger partial charge in [-0.1, -0.05) is 6.92 Å². The maximum Gasteiger partial charge on any atom is 0.224 e. The van der Waals surface area contributed by atoms with E-state index in [0.29, 0.717) is 6.42 Å². The second-order valence-electron chi connectivity index (χ2n) is 5.42. The first kappa shape index (κ1) is 15.4. The zero-order valence-corrected chi connectivity index (χ0v) is 13.2. The Balaban J connectivity index is 1.78. The Labute approximate surface area is 124 Å². The van der Waals surface area contributed by atoms with Crippen LogP contribution in [0.5, 0.6) is 0 Å². The molecule has 0 spiro atoms. The Hall–Kier alpha value is -0.980. The number of carbonyl (C=O) groups excluding carboxylic acids is 1. The van der Waals surface area contributed by atoms with Gasteiger partial charge < -0.3 is 10.6 Å². The third kappa shape index (κ3) is 4.26. The molecule has 5 nitrogen and oxygen atoms in total. The number of nitrogens with zero attached hydrogens (tertiary/aromatic N) is 3. The minimum Gasteiger partial charge on any atom is -0.340 e. The van der Waals surface area contributed by atoms with Gasteiger partial charge in [-0.25, -0.2) is 4.98 Å². The van der Waals surface area contributed by atoms with E-state index in [9.17, 15) is 4.79 Å².